The number of pyridine rings is 1. The SMILES string of the molecule is CN(C)c1ccncc1C(=O)N1CCSC1=S. The van der Waals surface area contributed by atoms with E-state index in [0.717, 1.165) is 11.4 Å². The van der Waals surface area contributed by atoms with Crippen LogP contribution >= 0.6 is 24.0 Å². The second-order valence-electron chi connectivity index (χ2n) is 3.86. The summed E-state index contributed by atoms with van der Waals surface area (Å²) in [7, 11) is 3.81. The maximum atomic E-state index is 12.3. The normalized spacial score (nSPS) is 15.2. The molecule has 6 heteroatoms. The lowest BCUT2D eigenvalue weighted by molar-refractivity contribution is 0.0862. The lowest BCUT2D eigenvalue weighted by atomic mass is 10.2. The highest BCUT2D eigenvalue weighted by Gasteiger charge is 2.27. The lowest BCUT2D eigenvalue weighted by Gasteiger charge is -2.20. The summed E-state index contributed by atoms with van der Waals surface area (Å²) in [5.41, 5.74) is 1.46. The van der Waals surface area contributed by atoms with Crippen molar-refractivity contribution in [2.75, 3.05) is 31.3 Å². The highest BCUT2D eigenvalue weighted by Crippen LogP contribution is 2.24. The molecule has 90 valence electrons. The molecule has 0 atom stereocenters. The Morgan fingerprint density at radius 3 is 2.94 bits per heavy atom. The molecule has 0 saturated carbocycles. The van der Waals surface area contributed by atoms with Crippen molar-refractivity contribution in [3.63, 3.8) is 0 Å². The van der Waals surface area contributed by atoms with Gasteiger partial charge in [0.05, 0.1) is 11.3 Å². The Bertz CT molecular complexity index is 462. The molecule has 0 spiro atoms. The fourth-order valence-corrected chi connectivity index (χ4v) is 2.87. The topological polar surface area (TPSA) is 36.4 Å². The molecular weight excluding hydrogens is 254 g/mol. The van der Waals surface area contributed by atoms with E-state index < -0.39 is 0 Å². The van der Waals surface area contributed by atoms with Crippen LogP contribution in [0.4, 0.5) is 5.69 Å². The first-order valence-electron chi connectivity index (χ1n) is 5.21. The molecule has 0 bridgehead atoms. The number of thiocarbonyl (C=S) groups is 1. The molecule has 1 aromatic heterocycles. The third kappa shape index (κ3) is 2.42. The molecule has 4 nitrogen and oxygen atoms in total. The fourth-order valence-electron chi connectivity index (χ4n) is 1.67. The zero-order valence-corrected chi connectivity index (χ0v) is 11.3. The zero-order valence-electron chi connectivity index (χ0n) is 9.71. The quantitative estimate of drug-likeness (QED) is 0.761. The zero-order chi connectivity index (χ0) is 12.4. The second kappa shape index (κ2) is 5.01. The van der Waals surface area contributed by atoms with Crippen LogP contribution in [0.25, 0.3) is 0 Å². The van der Waals surface area contributed by atoms with Gasteiger partial charge in [-0.15, -0.1) is 0 Å². The minimum atomic E-state index is -0.0585. The van der Waals surface area contributed by atoms with Crippen LogP contribution in [0.3, 0.4) is 0 Å². The molecule has 1 aliphatic rings. The number of rotatable bonds is 2. The standard InChI is InChI=1S/C11H13N3OS2/c1-13(2)9-3-4-12-7-8(9)10(15)14-5-6-17-11(14)16/h3-4,7H,5-6H2,1-2H3. The van der Waals surface area contributed by atoms with E-state index in [-0.39, 0.29) is 5.91 Å². The van der Waals surface area contributed by atoms with Crippen LogP contribution in [0.2, 0.25) is 0 Å². The first kappa shape index (κ1) is 12.3. The van der Waals surface area contributed by atoms with Crippen molar-refractivity contribution in [1.82, 2.24) is 9.88 Å². The van der Waals surface area contributed by atoms with Gasteiger partial charge in [0.25, 0.3) is 5.91 Å². The van der Waals surface area contributed by atoms with Gasteiger partial charge in [0.2, 0.25) is 0 Å². The Hall–Kier alpha value is -1.14. The van der Waals surface area contributed by atoms with Crippen LogP contribution < -0.4 is 4.90 Å². The molecule has 1 saturated heterocycles. The molecule has 0 aromatic carbocycles. The van der Waals surface area contributed by atoms with E-state index in [4.69, 9.17) is 12.2 Å². The molecule has 1 aliphatic heterocycles. The average molecular weight is 267 g/mol. The van der Waals surface area contributed by atoms with Crippen LogP contribution in [0.5, 0.6) is 0 Å². The molecule has 2 heterocycles. The maximum Gasteiger partial charge on any atom is 0.263 e. The summed E-state index contributed by atoms with van der Waals surface area (Å²) in [6, 6.07) is 1.83. The van der Waals surface area contributed by atoms with Gasteiger partial charge in [-0.3, -0.25) is 14.7 Å². The van der Waals surface area contributed by atoms with E-state index in [1.165, 1.54) is 0 Å². The summed E-state index contributed by atoms with van der Waals surface area (Å²) in [6.45, 7) is 0.685. The largest absolute Gasteiger partial charge is 0.377 e. The highest BCUT2D eigenvalue weighted by atomic mass is 32.2. The van der Waals surface area contributed by atoms with Gasteiger partial charge < -0.3 is 4.90 Å². The summed E-state index contributed by atoms with van der Waals surface area (Å²) in [6.07, 6.45) is 3.28. The number of amides is 1. The molecule has 0 radical (unpaired) electrons. The minimum absolute atomic E-state index is 0.0585. The average Bonchev–Trinajstić information content (AvgIpc) is 2.74. The number of aromatic nitrogens is 1. The number of nitrogens with zero attached hydrogens (tertiary/aromatic N) is 3. The minimum Gasteiger partial charge on any atom is -0.377 e. The van der Waals surface area contributed by atoms with E-state index in [1.807, 2.05) is 25.1 Å². The molecule has 0 N–H and O–H groups in total. The van der Waals surface area contributed by atoms with Gasteiger partial charge in [-0.25, -0.2) is 0 Å². The predicted octanol–water partition coefficient (Wildman–Crippen LogP) is 1.62. The number of carbonyl (C=O) groups excluding carboxylic acids is 1. The third-order valence-electron chi connectivity index (χ3n) is 2.52. The van der Waals surface area contributed by atoms with Gasteiger partial charge in [-0.05, 0) is 6.07 Å². The van der Waals surface area contributed by atoms with Gasteiger partial charge in [0.1, 0.15) is 4.32 Å². The van der Waals surface area contributed by atoms with Crippen molar-refractivity contribution in [3.05, 3.63) is 24.0 Å². The van der Waals surface area contributed by atoms with Gasteiger partial charge in [-0.1, -0.05) is 24.0 Å². The van der Waals surface area contributed by atoms with Crippen molar-refractivity contribution in [3.8, 4) is 0 Å². The lowest BCUT2D eigenvalue weighted by Crippen LogP contribution is -2.32. The highest BCUT2D eigenvalue weighted by molar-refractivity contribution is 8.23. The van der Waals surface area contributed by atoms with Crippen molar-refractivity contribution in [1.29, 1.82) is 0 Å². The summed E-state index contributed by atoms with van der Waals surface area (Å²) in [5.74, 6) is 0.819. The van der Waals surface area contributed by atoms with Crippen molar-refractivity contribution >= 4 is 39.9 Å². The first-order chi connectivity index (χ1) is 8.11. The van der Waals surface area contributed by atoms with E-state index >= 15 is 0 Å². The summed E-state index contributed by atoms with van der Waals surface area (Å²) >= 11 is 6.70. The number of hydrogen-bond donors (Lipinski definition) is 0. The Morgan fingerprint density at radius 2 is 2.35 bits per heavy atom. The molecule has 1 aromatic rings. The monoisotopic (exact) mass is 267 g/mol. The number of carbonyl (C=O) groups is 1. The fraction of sp³-hybridized carbons (Fsp3) is 0.364. The number of thioether (sulfide) groups is 1. The second-order valence-corrected chi connectivity index (χ2v) is 5.59. The van der Waals surface area contributed by atoms with E-state index in [2.05, 4.69) is 4.98 Å². The predicted molar refractivity (Wildman–Crippen MR) is 74.7 cm³/mol. The number of anilines is 1. The molecule has 17 heavy (non-hydrogen) atoms. The molecule has 2 rings (SSSR count). The summed E-state index contributed by atoms with van der Waals surface area (Å²) in [4.78, 5) is 19.9. The Kier molecular flexibility index (Phi) is 3.63. The van der Waals surface area contributed by atoms with E-state index in [0.29, 0.717) is 16.4 Å². The Balaban J connectivity index is 2.33. The third-order valence-corrected chi connectivity index (χ3v) is 3.94. The van der Waals surface area contributed by atoms with E-state index in [1.54, 1.807) is 29.1 Å². The molecular formula is C11H13N3OS2. The van der Waals surface area contributed by atoms with Crippen LogP contribution in [0, 0.1) is 0 Å². The molecule has 0 aliphatic carbocycles. The van der Waals surface area contributed by atoms with Gasteiger partial charge in [0, 0.05) is 38.8 Å². The smallest absolute Gasteiger partial charge is 0.263 e. The first-order valence-corrected chi connectivity index (χ1v) is 6.60. The van der Waals surface area contributed by atoms with Crippen molar-refractivity contribution < 1.29 is 4.79 Å². The Labute approximate surface area is 110 Å². The van der Waals surface area contributed by atoms with Crippen LogP contribution in [0.15, 0.2) is 18.5 Å². The molecule has 1 amide bonds. The maximum absolute atomic E-state index is 12.3. The molecule has 1 fully saturated rings. The Morgan fingerprint density at radius 1 is 1.59 bits per heavy atom. The number of hydrogen-bond acceptors (Lipinski definition) is 5. The van der Waals surface area contributed by atoms with Gasteiger partial charge >= 0.3 is 0 Å². The van der Waals surface area contributed by atoms with Crippen molar-refractivity contribution in [2.24, 2.45) is 0 Å². The van der Waals surface area contributed by atoms with Crippen LogP contribution in [-0.2, 0) is 0 Å². The summed E-state index contributed by atoms with van der Waals surface area (Å²) in [5, 5.41) is 0. The van der Waals surface area contributed by atoms with Gasteiger partial charge in [0.15, 0.2) is 0 Å². The van der Waals surface area contributed by atoms with Crippen LogP contribution in [-0.4, -0.2) is 46.5 Å². The van der Waals surface area contributed by atoms with Crippen molar-refractivity contribution in [2.45, 2.75) is 0 Å². The molecule has 0 unspecified atom stereocenters. The van der Waals surface area contributed by atoms with E-state index in [9.17, 15) is 4.79 Å². The van der Waals surface area contributed by atoms with Crippen LogP contribution in [0.1, 0.15) is 10.4 Å². The summed E-state index contributed by atoms with van der Waals surface area (Å²) < 4.78 is 0.656. The van der Waals surface area contributed by atoms with Gasteiger partial charge in [-0.2, -0.15) is 0 Å².